The van der Waals surface area contributed by atoms with E-state index in [0.717, 1.165) is 19.3 Å². The predicted molar refractivity (Wildman–Crippen MR) is 43.8 cm³/mol. The Bertz CT molecular complexity index is 143. The van der Waals surface area contributed by atoms with E-state index in [1.165, 1.54) is 4.90 Å². The number of likely N-dealkylation sites (tertiary alicyclic amines) is 1. The minimum Gasteiger partial charge on any atom is -0.465 e. The monoisotopic (exact) mass is 180 g/mol. The Balaban J connectivity index is 0.000001000. The van der Waals surface area contributed by atoms with E-state index in [-0.39, 0.29) is 18.6 Å². The van der Waals surface area contributed by atoms with Gasteiger partial charge in [0, 0.05) is 6.54 Å². The lowest BCUT2D eigenvalue weighted by atomic mass is 10.1. The van der Waals surface area contributed by atoms with Crippen LogP contribution in [-0.2, 0) is 0 Å². The molecule has 11 heavy (non-hydrogen) atoms. The summed E-state index contributed by atoms with van der Waals surface area (Å²) in [5.41, 5.74) is 5.52. The van der Waals surface area contributed by atoms with Gasteiger partial charge in [-0.2, -0.15) is 0 Å². The number of amides is 1. The second kappa shape index (κ2) is 4.41. The zero-order valence-corrected chi connectivity index (χ0v) is 7.01. The molecule has 1 atom stereocenters. The molecule has 0 aliphatic carbocycles. The minimum atomic E-state index is -0.896. The van der Waals surface area contributed by atoms with E-state index >= 15 is 0 Å². The van der Waals surface area contributed by atoms with E-state index in [0.29, 0.717) is 6.54 Å². The maximum Gasteiger partial charge on any atom is 0.408 e. The van der Waals surface area contributed by atoms with Gasteiger partial charge in [0.1, 0.15) is 0 Å². The van der Waals surface area contributed by atoms with Gasteiger partial charge in [0.25, 0.3) is 0 Å². The van der Waals surface area contributed by atoms with Gasteiger partial charge in [-0.1, -0.05) is 0 Å². The molecule has 1 aliphatic heterocycles. The third kappa shape index (κ3) is 2.55. The van der Waals surface area contributed by atoms with Crippen LogP contribution in [0.15, 0.2) is 0 Å². The van der Waals surface area contributed by atoms with Crippen molar-refractivity contribution in [3.63, 3.8) is 0 Å². The average molecular weight is 181 g/mol. The Hall–Kier alpha value is -0.480. The SMILES string of the molecule is Cl.NC1CCCCN1C(=O)O. The van der Waals surface area contributed by atoms with Gasteiger partial charge in [0.05, 0.1) is 6.17 Å². The summed E-state index contributed by atoms with van der Waals surface area (Å²) in [6.07, 6.45) is 1.62. The molecule has 1 fully saturated rings. The molecule has 0 spiro atoms. The number of carbonyl (C=O) groups is 1. The fourth-order valence-corrected chi connectivity index (χ4v) is 1.19. The number of rotatable bonds is 0. The third-order valence-electron chi connectivity index (χ3n) is 1.79. The van der Waals surface area contributed by atoms with Crippen molar-refractivity contribution in [1.82, 2.24) is 4.90 Å². The Morgan fingerprint density at radius 3 is 2.55 bits per heavy atom. The summed E-state index contributed by atoms with van der Waals surface area (Å²) in [5, 5.41) is 8.55. The Morgan fingerprint density at radius 1 is 1.55 bits per heavy atom. The summed E-state index contributed by atoms with van der Waals surface area (Å²) in [6, 6.07) is 0. The molecule has 0 aromatic heterocycles. The zero-order valence-electron chi connectivity index (χ0n) is 6.19. The predicted octanol–water partition coefficient (Wildman–Crippen LogP) is 0.857. The molecule has 66 valence electrons. The average Bonchev–Trinajstić information content (AvgIpc) is 1.88. The second-order valence-electron chi connectivity index (χ2n) is 2.54. The van der Waals surface area contributed by atoms with E-state index in [2.05, 4.69) is 0 Å². The molecule has 3 N–H and O–H groups in total. The van der Waals surface area contributed by atoms with E-state index in [1.807, 2.05) is 0 Å². The molecule has 1 rings (SSSR count). The lowest BCUT2D eigenvalue weighted by molar-refractivity contribution is 0.109. The van der Waals surface area contributed by atoms with Crippen molar-refractivity contribution in [1.29, 1.82) is 0 Å². The van der Waals surface area contributed by atoms with E-state index in [1.54, 1.807) is 0 Å². The van der Waals surface area contributed by atoms with E-state index in [9.17, 15) is 4.79 Å². The molecule has 0 aromatic rings. The van der Waals surface area contributed by atoms with Crippen LogP contribution in [0.1, 0.15) is 19.3 Å². The van der Waals surface area contributed by atoms with Crippen LogP contribution in [0.4, 0.5) is 4.79 Å². The Kier molecular flexibility index (Phi) is 4.22. The molecule has 1 unspecified atom stereocenters. The van der Waals surface area contributed by atoms with Crippen LogP contribution in [0.2, 0.25) is 0 Å². The number of nitrogens with two attached hydrogens (primary N) is 1. The number of hydrogen-bond acceptors (Lipinski definition) is 2. The molecule has 1 heterocycles. The summed E-state index contributed by atoms with van der Waals surface area (Å²) < 4.78 is 0. The number of nitrogens with zero attached hydrogens (tertiary/aromatic N) is 1. The van der Waals surface area contributed by atoms with Crippen molar-refractivity contribution < 1.29 is 9.90 Å². The van der Waals surface area contributed by atoms with Crippen molar-refractivity contribution in [3.8, 4) is 0 Å². The lowest BCUT2D eigenvalue weighted by Crippen LogP contribution is -2.48. The van der Waals surface area contributed by atoms with Crippen molar-refractivity contribution in [3.05, 3.63) is 0 Å². The van der Waals surface area contributed by atoms with Crippen molar-refractivity contribution in [2.75, 3.05) is 6.54 Å². The lowest BCUT2D eigenvalue weighted by Gasteiger charge is -2.30. The first kappa shape index (κ1) is 10.5. The van der Waals surface area contributed by atoms with Crippen molar-refractivity contribution >= 4 is 18.5 Å². The van der Waals surface area contributed by atoms with Crippen LogP contribution < -0.4 is 5.73 Å². The highest BCUT2D eigenvalue weighted by Crippen LogP contribution is 2.12. The first-order chi connectivity index (χ1) is 4.72. The van der Waals surface area contributed by atoms with Gasteiger partial charge in [-0.25, -0.2) is 4.79 Å². The smallest absolute Gasteiger partial charge is 0.408 e. The number of piperidine rings is 1. The first-order valence-electron chi connectivity index (χ1n) is 3.47. The van der Waals surface area contributed by atoms with Gasteiger partial charge in [-0.3, -0.25) is 4.90 Å². The highest BCUT2D eigenvalue weighted by atomic mass is 35.5. The molecular weight excluding hydrogens is 168 g/mol. The minimum absolute atomic E-state index is 0. The maximum absolute atomic E-state index is 10.4. The Labute approximate surface area is 71.8 Å². The highest BCUT2D eigenvalue weighted by Gasteiger charge is 2.22. The fourth-order valence-electron chi connectivity index (χ4n) is 1.19. The quantitative estimate of drug-likeness (QED) is 0.581. The van der Waals surface area contributed by atoms with Gasteiger partial charge >= 0.3 is 6.09 Å². The van der Waals surface area contributed by atoms with Crippen LogP contribution >= 0.6 is 12.4 Å². The highest BCUT2D eigenvalue weighted by molar-refractivity contribution is 5.85. The summed E-state index contributed by atoms with van der Waals surface area (Å²) in [6.45, 7) is 0.594. The first-order valence-corrected chi connectivity index (χ1v) is 3.47. The van der Waals surface area contributed by atoms with Crippen LogP contribution in [0.5, 0.6) is 0 Å². The fraction of sp³-hybridized carbons (Fsp3) is 0.833. The molecule has 1 aliphatic rings. The van der Waals surface area contributed by atoms with E-state index in [4.69, 9.17) is 10.8 Å². The largest absolute Gasteiger partial charge is 0.465 e. The normalized spacial score (nSPS) is 24.1. The molecule has 0 radical (unpaired) electrons. The van der Waals surface area contributed by atoms with Gasteiger partial charge in [0.2, 0.25) is 0 Å². The molecular formula is C6H13ClN2O2. The summed E-state index contributed by atoms with van der Waals surface area (Å²) >= 11 is 0. The van der Waals surface area contributed by atoms with Crippen molar-refractivity contribution in [2.45, 2.75) is 25.4 Å². The van der Waals surface area contributed by atoms with Gasteiger partial charge < -0.3 is 10.8 Å². The number of carboxylic acid groups (broad SMARTS) is 1. The molecule has 1 saturated heterocycles. The molecule has 5 heteroatoms. The summed E-state index contributed by atoms with van der Waals surface area (Å²) in [5.74, 6) is 0. The topological polar surface area (TPSA) is 66.6 Å². The van der Waals surface area contributed by atoms with Crippen LogP contribution in [-0.4, -0.2) is 28.8 Å². The summed E-state index contributed by atoms with van der Waals surface area (Å²) in [7, 11) is 0. The summed E-state index contributed by atoms with van der Waals surface area (Å²) in [4.78, 5) is 11.7. The zero-order chi connectivity index (χ0) is 7.56. The maximum atomic E-state index is 10.4. The third-order valence-corrected chi connectivity index (χ3v) is 1.79. The molecule has 1 amide bonds. The second-order valence-corrected chi connectivity index (χ2v) is 2.54. The van der Waals surface area contributed by atoms with Gasteiger partial charge in [-0.15, -0.1) is 12.4 Å². The molecule has 0 saturated carbocycles. The Morgan fingerprint density at radius 2 is 2.18 bits per heavy atom. The van der Waals surface area contributed by atoms with Crippen LogP contribution in [0, 0.1) is 0 Å². The van der Waals surface area contributed by atoms with E-state index < -0.39 is 6.09 Å². The standard InChI is InChI=1S/C6H12N2O2.ClH/c7-5-3-1-2-4-8(5)6(9)10;/h5H,1-4,7H2,(H,9,10);1H. The molecule has 4 nitrogen and oxygen atoms in total. The van der Waals surface area contributed by atoms with Gasteiger partial charge in [-0.05, 0) is 19.3 Å². The number of hydrogen-bond donors (Lipinski definition) is 2. The van der Waals surface area contributed by atoms with Crippen molar-refractivity contribution in [2.24, 2.45) is 5.73 Å². The van der Waals surface area contributed by atoms with Crippen LogP contribution in [0.25, 0.3) is 0 Å². The van der Waals surface area contributed by atoms with Gasteiger partial charge in [0.15, 0.2) is 0 Å². The molecule has 0 aromatic carbocycles. The number of halogens is 1. The molecule has 0 bridgehead atoms. The van der Waals surface area contributed by atoms with Crippen LogP contribution in [0.3, 0.4) is 0 Å².